The van der Waals surface area contributed by atoms with Gasteiger partial charge in [0, 0.05) is 13.6 Å². The molecule has 0 aliphatic carbocycles. The fourth-order valence-electron chi connectivity index (χ4n) is 1.86. The van der Waals surface area contributed by atoms with E-state index >= 15 is 0 Å². The van der Waals surface area contributed by atoms with Gasteiger partial charge >= 0.3 is 5.97 Å². The van der Waals surface area contributed by atoms with E-state index in [1.54, 1.807) is 0 Å². The first-order valence-corrected chi connectivity index (χ1v) is 7.15. The third-order valence-corrected chi connectivity index (χ3v) is 4.27. The zero-order chi connectivity index (χ0) is 14.7. The van der Waals surface area contributed by atoms with E-state index in [1.807, 2.05) is 18.9 Å². The maximum absolute atomic E-state index is 11.6. The number of hydrogen-bond acceptors (Lipinski definition) is 5. The van der Waals surface area contributed by atoms with Gasteiger partial charge in [0.1, 0.15) is 4.88 Å². The molecule has 1 aromatic carbocycles. The molecule has 1 heterocycles. The van der Waals surface area contributed by atoms with Gasteiger partial charge in [-0.25, -0.2) is 9.78 Å². The highest BCUT2D eigenvalue weighted by atomic mass is 32.1. The minimum Gasteiger partial charge on any atom is -0.465 e. The number of aromatic nitrogens is 1. The van der Waals surface area contributed by atoms with Crippen molar-refractivity contribution >= 4 is 22.4 Å². The second kappa shape index (κ2) is 6.05. The Balaban J connectivity index is 2.15. The van der Waals surface area contributed by atoms with Crippen LogP contribution in [0, 0.1) is 13.8 Å². The lowest BCUT2D eigenvalue weighted by atomic mass is 10.1. The van der Waals surface area contributed by atoms with Gasteiger partial charge in [0.15, 0.2) is 5.13 Å². The summed E-state index contributed by atoms with van der Waals surface area (Å²) in [5.41, 5.74) is 3.17. The van der Waals surface area contributed by atoms with Gasteiger partial charge in [0.25, 0.3) is 0 Å². The van der Waals surface area contributed by atoms with Crippen LogP contribution in [0.2, 0.25) is 0 Å². The Morgan fingerprint density at radius 3 is 2.55 bits per heavy atom. The number of carbonyl (C=O) groups is 1. The topological polar surface area (TPSA) is 42.4 Å². The van der Waals surface area contributed by atoms with Crippen molar-refractivity contribution in [3.05, 3.63) is 46.0 Å². The number of methoxy groups -OCH3 is 1. The summed E-state index contributed by atoms with van der Waals surface area (Å²) in [6.07, 6.45) is 0. The highest BCUT2D eigenvalue weighted by molar-refractivity contribution is 7.17. The van der Waals surface area contributed by atoms with E-state index in [4.69, 9.17) is 4.74 Å². The van der Waals surface area contributed by atoms with Crippen LogP contribution in [-0.4, -0.2) is 25.1 Å². The van der Waals surface area contributed by atoms with Crippen molar-refractivity contribution in [1.82, 2.24) is 4.98 Å². The Hall–Kier alpha value is -1.88. The maximum atomic E-state index is 11.6. The predicted molar refractivity (Wildman–Crippen MR) is 81.5 cm³/mol. The first-order valence-electron chi connectivity index (χ1n) is 6.33. The molecule has 0 N–H and O–H groups in total. The van der Waals surface area contributed by atoms with Crippen molar-refractivity contribution in [2.75, 3.05) is 19.1 Å². The van der Waals surface area contributed by atoms with Crippen LogP contribution >= 0.6 is 11.3 Å². The molecule has 0 atom stereocenters. The molecular formula is C15H18N2O2S. The zero-order valence-corrected chi connectivity index (χ0v) is 13.0. The third kappa shape index (κ3) is 3.17. The average molecular weight is 290 g/mol. The van der Waals surface area contributed by atoms with Crippen molar-refractivity contribution < 1.29 is 9.53 Å². The SMILES string of the molecule is COC(=O)c1sc(N(C)Cc2ccc(C)cc2)nc1C. The molecule has 0 saturated carbocycles. The number of nitrogens with zero attached hydrogens (tertiary/aromatic N) is 2. The summed E-state index contributed by atoms with van der Waals surface area (Å²) in [5.74, 6) is -0.324. The minimum atomic E-state index is -0.324. The van der Waals surface area contributed by atoms with Gasteiger partial charge in [-0.3, -0.25) is 0 Å². The van der Waals surface area contributed by atoms with Crippen molar-refractivity contribution in [2.24, 2.45) is 0 Å². The van der Waals surface area contributed by atoms with Crippen LogP contribution in [0.5, 0.6) is 0 Å². The summed E-state index contributed by atoms with van der Waals surface area (Å²) in [5, 5.41) is 0.823. The summed E-state index contributed by atoms with van der Waals surface area (Å²) in [6, 6.07) is 8.40. The van der Waals surface area contributed by atoms with Gasteiger partial charge in [-0.1, -0.05) is 41.2 Å². The van der Waals surface area contributed by atoms with E-state index < -0.39 is 0 Å². The van der Waals surface area contributed by atoms with Gasteiger partial charge < -0.3 is 9.64 Å². The first kappa shape index (κ1) is 14.5. The normalized spacial score (nSPS) is 10.4. The minimum absolute atomic E-state index is 0.324. The quantitative estimate of drug-likeness (QED) is 0.811. The number of benzene rings is 1. The molecule has 2 rings (SSSR count). The Kier molecular flexibility index (Phi) is 4.39. The lowest BCUT2D eigenvalue weighted by Gasteiger charge is -2.15. The summed E-state index contributed by atoms with van der Waals surface area (Å²) >= 11 is 1.36. The largest absolute Gasteiger partial charge is 0.465 e. The van der Waals surface area contributed by atoms with Gasteiger partial charge in [0.2, 0.25) is 0 Å². The number of aryl methyl sites for hydroxylation is 2. The van der Waals surface area contributed by atoms with E-state index in [1.165, 1.54) is 29.6 Å². The average Bonchev–Trinajstić information content (AvgIpc) is 2.82. The van der Waals surface area contributed by atoms with Crippen molar-refractivity contribution in [3.63, 3.8) is 0 Å². The molecule has 0 fully saturated rings. The number of thiazole rings is 1. The molecule has 1 aromatic heterocycles. The number of ether oxygens (including phenoxy) is 1. The van der Waals surface area contributed by atoms with Crippen molar-refractivity contribution in [3.8, 4) is 0 Å². The van der Waals surface area contributed by atoms with E-state index in [-0.39, 0.29) is 5.97 Å². The Morgan fingerprint density at radius 2 is 1.95 bits per heavy atom. The van der Waals surface area contributed by atoms with Crippen LogP contribution in [0.15, 0.2) is 24.3 Å². The second-order valence-electron chi connectivity index (χ2n) is 4.74. The first-order chi connectivity index (χ1) is 9.51. The lowest BCUT2D eigenvalue weighted by Crippen LogP contribution is -2.15. The fraction of sp³-hybridized carbons (Fsp3) is 0.333. The molecule has 0 saturated heterocycles. The standard InChI is InChI=1S/C15H18N2O2S/c1-10-5-7-12(8-6-10)9-17(3)15-16-11(2)13(20-15)14(18)19-4/h5-8H,9H2,1-4H3. The highest BCUT2D eigenvalue weighted by Gasteiger charge is 2.17. The number of hydrogen-bond donors (Lipinski definition) is 0. The summed E-state index contributed by atoms with van der Waals surface area (Å²) in [6.45, 7) is 4.65. The van der Waals surface area contributed by atoms with Crippen LogP contribution in [0.1, 0.15) is 26.5 Å². The monoisotopic (exact) mass is 290 g/mol. The predicted octanol–water partition coefficient (Wildman–Crippen LogP) is 3.18. The molecule has 0 bridgehead atoms. The highest BCUT2D eigenvalue weighted by Crippen LogP contribution is 2.26. The molecule has 4 nitrogen and oxygen atoms in total. The van der Waals surface area contributed by atoms with Gasteiger partial charge in [-0.2, -0.15) is 0 Å². The molecule has 0 amide bonds. The third-order valence-electron chi connectivity index (χ3n) is 3.02. The van der Waals surface area contributed by atoms with E-state index in [9.17, 15) is 4.79 Å². The smallest absolute Gasteiger partial charge is 0.350 e. The van der Waals surface area contributed by atoms with Gasteiger partial charge in [0.05, 0.1) is 12.8 Å². The molecule has 20 heavy (non-hydrogen) atoms. The van der Waals surface area contributed by atoms with Crippen LogP contribution in [0.3, 0.4) is 0 Å². The number of rotatable bonds is 4. The molecule has 106 valence electrons. The molecule has 0 spiro atoms. The lowest BCUT2D eigenvalue weighted by molar-refractivity contribution is 0.0605. The zero-order valence-electron chi connectivity index (χ0n) is 12.1. The molecule has 0 radical (unpaired) electrons. The summed E-state index contributed by atoms with van der Waals surface area (Å²) in [7, 11) is 3.36. The Bertz CT molecular complexity index is 605. The Labute approximate surface area is 123 Å². The number of carbonyl (C=O) groups excluding carboxylic acids is 1. The van der Waals surface area contributed by atoms with Gasteiger partial charge in [-0.15, -0.1) is 0 Å². The molecule has 0 aliphatic rings. The van der Waals surface area contributed by atoms with Crippen LogP contribution < -0.4 is 4.90 Å². The molecule has 2 aromatic rings. The second-order valence-corrected chi connectivity index (χ2v) is 5.72. The molecular weight excluding hydrogens is 272 g/mol. The maximum Gasteiger partial charge on any atom is 0.350 e. The number of anilines is 1. The van der Waals surface area contributed by atoms with Crippen LogP contribution in [-0.2, 0) is 11.3 Å². The van der Waals surface area contributed by atoms with Crippen LogP contribution in [0.4, 0.5) is 5.13 Å². The number of esters is 1. The molecule has 0 unspecified atom stereocenters. The van der Waals surface area contributed by atoms with Crippen molar-refractivity contribution in [2.45, 2.75) is 20.4 Å². The summed E-state index contributed by atoms with van der Waals surface area (Å²) < 4.78 is 4.75. The van der Waals surface area contributed by atoms with Crippen LogP contribution in [0.25, 0.3) is 0 Å². The fourth-order valence-corrected chi connectivity index (χ4v) is 2.81. The van der Waals surface area contributed by atoms with E-state index in [0.29, 0.717) is 10.6 Å². The molecule has 5 heteroatoms. The van der Waals surface area contributed by atoms with E-state index in [2.05, 4.69) is 36.2 Å². The van der Waals surface area contributed by atoms with Crippen molar-refractivity contribution in [1.29, 1.82) is 0 Å². The van der Waals surface area contributed by atoms with Gasteiger partial charge in [-0.05, 0) is 19.4 Å². The molecule has 0 aliphatic heterocycles. The van der Waals surface area contributed by atoms with E-state index in [0.717, 1.165) is 11.7 Å². The summed E-state index contributed by atoms with van der Waals surface area (Å²) in [4.78, 5) is 18.6. The Morgan fingerprint density at radius 1 is 1.30 bits per heavy atom.